The lowest BCUT2D eigenvalue weighted by Crippen LogP contribution is -2.53. The minimum absolute atomic E-state index is 0.154. The Morgan fingerprint density at radius 2 is 1.29 bits per heavy atom. The number of para-hydroxylation sites is 1. The van der Waals surface area contributed by atoms with Crippen LogP contribution in [0.3, 0.4) is 0 Å². The summed E-state index contributed by atoms with van der Waals surface area (Å²) in [4.78, 5) is 27.7. The molecule has 3 rings (SSSR count). The first-order valence-electron chi connectivity index (χ1n) is 6.91. The second kappa shape index (κ2) is 5.79. The summed E-state index contributed by atoms with van der Waals surface area (Å²) in [5.74, 6) is -0.307. The van der Waals surface area contributed by atoms with Gasteiger partial charge in [-0.25, -0.2) is 0 Å². The number of hydrogen-bond donors (Lipinski definition) is 0. The standard InChI is InChI=1S/C17H16N2O2/c20-16-12-18(15-9-5-2-6-10-15)13-17(21)19(16)11-14-7-3-1-4-8-14/h1-10H,11-13H2. The van der Waals surface area contributed by atoms with Gasteiger partial charge in [0.1, 0.15) is 0 Å². The molecule has 21 heavy (non-hydrogen) atoms. The maximum Gasteiger partial charge on any atom is 0.249 e. The molecule has 1 saturated heterocycles. The second-order valence-electron chi connectivity index (χ2n) is 5.05. The van der Waals surface area contributed by atoms with Crippen LogP contribution < -0.4 is 4.90 Å². The van der Waals surface area contributed by atoms with Gasteiger partial charge in [0.15, 0.2) is 0 Å². The highest BCUT2D eigenvalue weighted by Crippen LogP contribution is 2.18. The Kier molecular flexibility index (Phi) is 3.69. The summed E-state index contributed by atoms with van der Waals surface area (Å²) in [6.45, 7) is 0.826. The summed E-state index contributed by atoms with van der Waals surface area (Å²) in [6, 6.07) is 19.1. The third-order valence-corrected chi connectivity index (χ3v) is 3.56. The average molecular weight is 280 g/mol. The van der Waals surface area contributed by atoms with Crippen LogP contribution in [-0.4, -0.2) is 29.8 Å². The van der Waals surface area contributed by atoms with E-state index in [1.807, 2.05) is 65.6 Å². The molecule has 1 heterocycles. The minimum atomic E-state index is -0.154. The van der Waals surface area contributed by atoms with Crippen molar-refractivity contribution in [2.45, 2.75) is 6.54 Å². The van der Waals surface area contributed by atoms with Crippen LogP contribution in [-0.2, 0) is 16.1 Å². The van der Waals surface area contributed by atoms with Crippen molar-refractivity contribution in [3.05, 3.63) is 66.2 Å². The van der Waals surface area contributed by atoms with Gasteiger partial charge in [0.25, 0.3) is 0 Å². The number of rotatable bonds is 3. The number of benzene rings is 2. The number of nitrogens with zero attached hydrogens (tertiary/aromatic N) is 2. The average Bonchev–Trinajstić information content (AvgIpc) is 2.52. The van der Waals surface area contributed by atoms with E-state index in [-0.39, 0.29) is 24.9 Å². The molecule has 0 aliphatic carbocycles. The largest absolute Gasteiger partial charge is 0.353 e. The molecule has 0 radical (unpaired) electrons. The molecule has 106 valence electrons. The van der Waals surface area contributed by atoms with Gasteiger partial charge in [-0.2, -0.15) is 0 Å². The smallest absolute Gasteiger partial charge is 0.249 e. The quantitative estimate of drug-likeness (QED) is 0.808. The van der Waals surface area contributed by atoms with E-state index in [0.29, 0.717) is 6.54 Å². The van der Waals surface area contributed by atoms with E-state index >= 15 is 0 Å². The van der Waals surface area contributed by atoms with Crippen molar-refractivity contribution in [3.8, 4) is 0 Å². The van der Waals surface area contributed by atoms with Gasteiger partial charge in [-0.3, -0.25) is 14.5 Å². The summed E-state index contributed by atoms with van der Waals surface area (Å²) in [5.41, 5.74) is 1.87. The molecular weight excluding hydrogens is 264 g/mol. The summed E-state index contributed by atoms with van der Waals surface area (Å²) < 4.78 is 0. The summed E-state index contributed by atoms with van der Waals surface area (Å²) in [6.07, 6.45) is 0. The van der Waals surface area contributed by atoms with Gasteiger partial charge < -0.3 is 4.90 Å². The number of imide groups is 1. The number of carbonyl (C=O) groups is 2. The molecule has 1 fully saturated rings. The third-order valence-electron chi connectivity index (χ3n) is 3.56. The van der Waals surface area contributed by atoms with E-state index in [9.17, 15) is 9.59 Å². The van der Waals surface area contributed by atoms with Crippen LogP contribution in [0.15, 0.2) is 60.7 Å². The Hall–Kier alpha value is -2.62. The molecule has 2 amide bonds. The number of amides is 2. The first kappa shape index (κ1) is 13.4. The Balaban J connectivity index is 1.73. The van der Waals surface area contributed by atoms with Crippen molar-refractivity contribution in [3.63, 3.8) is 0 Å². The lowest BCUT2D eigenvalue weighted by atomic mass is 10.2. The maximum absolute atomic E-state index is 12.3. The van der Waals surface area contributed by atoms with E-state index in [1.165, 1.54) is 4.90 Å². The maximum atomic E-state index is 12.3. The molecule has 0 bridgehead atoms. The van der Waals surface area contributed by atoms with Crippen LogP contribution in [0.4, 0.5) is 5.69 Å². The van der Waals surface area contributed by atoms with Gasteiger partial charge in [0.2, 0.25) is 11.8 Å². The van der Waals surface area contributed by atoms with Crippen LogP contribution in [0.2, 0.25) is 0 Å². The van der Waals surface area contributed by atoms with E-state index in [1.54, 1.807) is 0 Å². The van der Waals surface area contributed by atoms with Crippen LogP contribution in [0, 0.1) is 0 Å². The highest BCUT2D eigenvalue weighted by Gasteiger charge is 2.30. The van der Waals surface area contributed by atoms with Crippen LogP contribution >= 0.6 is 0 Å². The molecule has 0 spiro atoms. The number of anilines is 1. The van der Waals surface area contributed by atoms with Crippen LogP contribution in [0.25, 0.3) is 0 Å². The third kappa shape index (κ3) is 2.94. The molecule has 0 atom stereocenters. The fourth-order valence-electron chi connectivity index (χ4n) is 2.46. The Bertz CT molecular complexity index is 622. The fraction of sp³-hybridized carbons (Fsp3) is 0.176. The van der Waals surface area contributed by atoms with Crippen molar-refractivity contribution in [1.82, 2.24) is 4.90 Å². The highest BCUT2D eigenvalue weighted by molar-refractivity contribution is 6.02. The zero-order valence-electron chi connectivity index (χ0n) is 11.6. The summed E-state index contributed by atoms with van der Waals surface area (Å²) in [5, 5.41) is 0. The van der Waals surface area contributed by atoms with Crippen molar-refractivity contribution in [1.29, 1.82) is 0 Å². The van der Waals surface area contributed by atoms with Crippen molar-refractivity contribution < 1.29 is 9.59 Å². The first-order chi connectivity index (χ1) is 10.2. The molecule has 0 aromatic heterocycles. The number of hydrogen-bond acceptors (Lipinski definition) is 3. The van der Waals surface area contributed by atoms with Crippen molar-refractivity contribution in [2.75, 3.05) is 18.0 Å². The minimum Gasteiger partial charge on any atom is -0.353 e. The lowest BCUT2D eigenvalue weighted by molar-refractivity contribution is -0.146. The van der Waals surface area contributed by atoms with Crippen LogP contribution in [0.1, 0.15) is 5.56 Å². The molecule has 0 N–H and O–H groups in total. The number of piperazine rings is 1. The van der Waals surface area contributed by atoms with Gasteiger partial charge in [0, 0.05) is 5.69 Å². The molecule has 2 aromatic carbocycles. The van der Waals surface area contributed by atoms with Gasteiger partial charge in [-0.05, 0) is 17.7 Å². The predicted molar refractivity (Wildman–Crippen MR) is 80.7 cm³/mol. The SMILES string of the molecule is O=C1CN(c2ccccc2)CC(=O)N1Cc1ccccc1. The molecule has 1 aliphatic rings. The van der Waals surface area contributed by atoms with Gasteiger partial charge in [-0.1, -0.05) is 48.5 Å². The molecule has 0 unspecified atom stereocenters. The van der Waals surface area contributed by atoms with E-state index < -0.39 is 0 Å². The lowest BCUT2D eigenvalue weighted by Gasteiger charge is -2.34. The van der Waals surface area contributed by atoms with E-state index in [2.05, 4.69) is 0 Å². The van der Waals surface area contributed by atoms with Crippen LogP contribution in [0.5, 0.6) is 0 Å². The second-order valence-corrected chi connectivity index (χ2v) is 5.05. The zero-order chi connectivity index (χ0) is 14.7. The molecule has 2 aromatic rings. The molecule has 1 aliphatic heterocycles. The Labute approximate surface area is 123 Å². The first-order valence-corrected chi connectivity index (χ1v) is 6.91. The Morgan fingerprint density at radius 1 is 0.762 bits per heavy atom. The van der Waals surface area contributed by atoms with Crippen molar-refractivity contribution >= 4 is 17.5 Å². The normalized spacial score (nSPS) is 15.4. The Morgan fingerprint density at radius 3 is 1.86 bits per heavy atom. The fourth-order valence-corrected chi connectivity index (χ4v) is 2.46. The van der Waals surface area contributed by atoms with Gasteiger partial charge in [-0.15, -0.1) is 0 Å². The molecule has 0 saturated carbocycles. The topological polar surface area (TPSA) is 40.6 Å². The number of carbonyl (C=O) groups excluding carboxylic acids is 2. The zero-order valence-corrected chi connectivity index (χ0v) is 11.6. The summed E-state index contributed by atoms with van der Waals surface area (Å²) in [7, 11) is 0. The monoisotopic (exact) mass is 280 g/mol. The molecular formula is C17H16N2O2. The van der Waals surface area contributed by atoms with Gasteiger partial charge >= 0.3 is 0 Å². The van der Waals surface area contributed by atoms with E-state index in [4.69, 9.17) is 0 Å². The molecule has 4 nitrogen and oxygen atoms in total. The van der Waals surface area contributed by atoms with Crippen molar-refractivity contribution in [2.24, 2.45) is 0 Å². The predicted octanol–water partition coefficient (Wildman–Crippen LogP) is 2.06. The van der Waals surface area contributed by atoms with E-state index in [0.717, 1.165) is 11.3 Å². The molecule has 4 heteroatoms. The van der Waals surface area contributed by atoms with Gasteiger partial charge in [0.05, 0.1) is 19.6 Å². The summed E-state index contributed by atoms with van der Waals surface area (Å²) >= 11 is 0. The highest BCUT2D eigenvalue weighted by atomic mass is 16.2.